The molecule has 2 nitrogen and oxygen atoms in total. The molecule has 0 radical (unpaired) electrons. The van der Waals surface area contributed by atoms with Gasteiger partial charge >= 0.3 is 0 Å². The molecule has 0 saturated carbocycles. The van der Waals surface area contributed by atoms with E-state index in [9.17, 15) is 0 Å². The van der Waals surface area contributed by atoms with Gasteiger partial charge in [0.2, 0.25) is 0 Å². The van der Waals surface area contributed by atoms with E-state index in [0.717, 1.165) is 17.4 Å². The van der Waals surface area contributed by atoms with E-state index in [-0.39, 0.29) is 6.04 Å². The highest BCUT2D eigenvalue weighted by molar-refractivity contribution is 9.10. The summed E-state index contributed by atoms with van der Waals surface area (Å²) in [5, 5.41) is 2.12. The summed E-state index contributed by atoms with van der Waals surface area (Å²) >= 11 is 5.25. The molecule has 0 spiro atoms. The molecule has 1 unspecified atom stereocenters. The maximum absolute atomic E-state index is 5.83. The van der Waals surface area contributed by atoms with Crippen molar-refractivity contribution in [2.75, 3.05) is 0 Å². The van der Waals surface area contributed by atoms with Crippen LogP contribution >= 0.6 is 27.3 Å². The third-order valence-corrected chi connectivity index (χ3v) is 4.08. The first kappa shape index (κ1) is 11.9. The van der Waals surface area contributed by atoms with E-state index < -0.39 is 0 Å². The van der Waals surface area contributed by atoms with Crippen molar-refractivity contribution in [2.24, 2.45) is 5.73 Å². The molecule has 0 aliphatic heterocycles. The van der Waals surface area contributed by atoms with E-state index in [0.29, 0.717) is 0 Å². The molecule has 0 bridgehead atoms. The van der Waals surface area contributed by atoms with Gasteiger partial charge in [-0.25, -0.2) is 0 Å². The van der Waals surface area contributed by atoms with Gasteiger partial charge in [-0.15, -0.1) is 11.3 Å². The van der Waals surface area contributed by atoms with E-state index in [2.05, 4.69) is 50.3 Å². The van der Waals surface area contributed by atoms with Gasteiger partial charge in [0.05, 0.1) is 6.54 Å². The van der Waals surface area contributed by atoms with Crippen molar-refractivity contribution in [3.8, 4) is 0 Å². The summed E-state index contributed by atoms with van der Waals surface area (Å²) in [5.41, 5.74) is 7.14. The first-order chi connectivity index (χ1) is 7.65. The molecular formula is C12H15BrN2S. The smallest absolute Gasteiger partial charge is 0.0566 e. The highest BCUT2D eigenvalue weighted by Gasteiger charge is 2.05. The summed E-state index contributed by atoms with van der Waals surface area (Å²) in [6.45, 7) is 2.98. The second-order valence-electron chi connectivity index (χ2n) is 4.04. The van der Waals surface area contributed by atoms with Crippen LogP contribution in [-0.4, -0.2) is 10.6 Å². The van der Waals surface area contributed by atoms with Gasteiger partial charge in [-0.1, -0.05) is 0 Å². The van der Waals surface area contributed by atoms with Gasteiger partial charge in [0.1, 0.15) is 0 Å². The Hall–Kier alpha value is -0.580. The Labute approximate surface area is 108 Å². The zero-order valence-corrected chi connectivity index (χ0v) is 11.6. The lowest BCUT2D eigenvalue weighted by atomic mass is 10.2. The first-order valence-electron chi connectivity index (χ1n) is 5.27. The predicted molar refractivity (Wildman–Crippen MR) is 72.9 cm³/mol. The van der Waals surface area contributed by atoms with Crippen LogP contribution in [0, 0.1) is 0 Å². The molecule has 16 heavy (non-hydrogen) atoms. The Kier molecular flexibility index (Phi) is 3.84. The van der Waals surface area contributed by atoms with Crippen LogP contribution < -0.4 is 5.73 Å². The molecule has 0 aliphatic rings. The molecule has 1 atom stereocenters. The van der Waals surface area contributed by atoms with Crippen LogP contribution in [0.4, 0.5) is 0 Å². The first-order valence-corrected chi connectivity index (χ1v) is 6.95. The molecule has 2 aromatic heterocycles. The molecule has 4 heteroatoms. The van der Waals surface area contributed by atoms with Crippen LogP contribution in [0.2, 0.25) is 0 Å². The Morgan fingerprint density at radius 3 is 3.00 bits per heavy atom. The molecule has 86 valence electrons. The third-order valence-electron chi connectivity index (χ3n) is 2.40. The van der Waals surface area contributed by atoms with Crippen molar-refractivity contribution < 1.29 is 0 Å². The largest absolute Gasteiger partial charge is 0.346 e. The SMILES string of the molecule is CC(N)Cc1cccn1Cc1cc(Br)cs1. The molecule has 2 heterocycles. The zero-order chi connectivity index (χ0) is 11.5. The average Bonchev–Trinajstić information content (AvgIpc) is 2.77. The molecule has 0 aromatic carbocycles. The van der Waals surface area contributed by atoms with Crippen LogP contribution in [0.25, 0.3) is 0 Å². The number of nitrogens with two attached hydrogens (primary N) is 1. The summed E-state index contributed by atoms with van der Waals surface area (Å²) in [5.74, 6) is 0. The number of nitrogens with zero attached hydrogens (tertiary/aromatic N) is 1. The van der Waals surface area contributed by atoms with Gasteiger partial charge < -0.3 is 10.3 Å². The molecule has 0 amide bonds. The van der Waals surface area contributed by atoms with E-state index >= 15 is 0 Å². The van der Waals surface area contributed by atoms with E-state index in [1.54, 1.807) is 11.3 Å². The predicted octanol–water partition coefficient (Wildman–Crippen LogP) is 3.25. The van der Waals surface area contributed by atoms with Crippen LogP contribution in [0.5, 0.6) is 0 Å². The Bertz CT molecular complexity index is 459. The molecule has 0 fully saturated rings. The fraction of sp³-hybridized carbons (Fsp3) is 0.333. The summed E-state index contributed by atoms with van der Waals surface area (Å²) in [6, 6.07) is 6.61. The monoisotopic (exact) mass is 298 g/mol. The minimum atomic E-state index is 0.212. The molecule has 2 N–H and O–H groups in total. The zero-order valence-electron chi connectivity index (χ0n) is 9.19. The minimum absolute atomic E-state index is 0.212. The normalized spacial score (nSPS) is 12.9. The van der Waals surface area contributed by atoms with Crippen LogP contribution in [0.15, 0.2) is 34.2 Å². The van der Waals surface area contributed by atoms with Crippen molar-refractivity contribution in [2.45, 2.75) is 25.9 Å². The highest BCUT2D eigenvalue weighted by atomic mass is 79.9. The van der Waals surface area contributed by atoms with Gasteiger partial charge in [-0.2, -0.15) is 0 Å². The number of hydrogen-bond donors (Lipinski definition) is 1. The number of hydrogen-bond acceptors (Lipinski definition) is 2. The summed E-state index contributed by atoms with van der Waals surface area (Å²) in [4.78, 5) is 1.36. The topological polar surface area (TPSA) is 30.9 Å². The number of rotatable bonds is 4. The lowest BCUT2D eigenvalue weighted by molar-refractivity contribution is 0.669. The van der Waals surface area contributed by atoms with Crippen molar-refractivity contribution in [1.82, 2.24) is 4.57 Å². The quantitative estimate of drug-likeness (QED) is 0.923. The summed E-state index contributed by atoms with van der Waals surface area (Å²) in [7, 11) is 0. The Balaban J connectivity index is 2.12. The summed E-state index contributed by atoms with van der Waals surface area (Å²) in [6.07, 6.45) is 3.05. The van der Waals surface area contributed by atoms with Gasteiger partial charge in [0, 0.05) is 39.1 Å². The van der Waals surface area contributed by atoms with Crippen LogP contribution in [-0.2, 0) is 13.0 Å². The second kappa shape index (κ2) is 5.17. The van der Waals surface area contributed by atoms with Crippen molar-refractivity contribution in [3.63, 3.8) is 0 Å². The third kappa shape index (κ3) is 2.97. The lowest BCUT2D eigenvalue weighted by Gasteiger charge is -2.09. The average molecular weight is 299 g/mol. The van der Waals surface area contributed by atoms with Crippen LogP contribution in [0.1, 0.15) is 17.5 Å². The highest BCUT2D eigenvalue weighted by Crippen LogP contribution is 2.21. The van der Waals surface area contributed by atoms with Crippen LogP contribution in [0.3, 0.4) is 0 Å². The van der Waals surface area contributed by atoms with Crippen molar-refractivity contribution in [1.29, 1.82) is 0 Å². The fourth-order valence-corrected chi connectivity index (χ4v) is 3.17. The van der Waals surface area contributed by atoms with Crippen molar-refractivity contribution in [3.05, 3.63) is 44.8 Å². The lowest BCUT2D eigenvalue weighted by Crippen LogP contribution is -2.19. The second-order valence-corrected chi connectivity index (χ2v) is 5.95. The maximum atomic E-state index is 5.83. The standard InChI is InChI=1S/C12H15BrN2S/c1-9(14)5-11-3-2-4-15(11)7-12-6-10(13)8-16-12/h2-4,6,8-9H,5,7,14H2,1H3. The van der Waals surface area contributed by atoms with Gasteiger partial charge in [-0.05, 0) is 41.1 Å². The summed E-state index contributed by atoms with van der Waals surface area (Å²) < 4.78 is 3.43. The molecule has 2 rings (SSSR count). The van der Waals surface area contributed by atoms with E-state index in [1.165, 1.54) is 10.6 Å². The number of aromatic nitrogens is 1. The minimum Gasteiger partial charge on any atom is -0.346 e. The molecule has 2 aromatic rings. The van der Waals surface area contributed by atoms with Gasteiger partial charge in [0.15, 0.2) is 0 Å². The maximum Gasteiger partial charge on any atom is 0.0566 e. The number of thiophene rings is 1. The number of halogens is 1. The molecule has 0 saturated heterocycles. The molecular weight excluding hydrogens is 284 g/mol. The van der Waals surface area contributed by atoms with Gasteiger partial charge in [-0.3, -0.25) is 0 Å². The van der Waals surface area contributed by atoms with Crippen molar-refractivity contribution >= 4 is 27.3 Å². The van der Waals surface area contributed by atoms with E-state index in [1.807, 2.05) is 6.92 Å². The fourth-order valence-electron chi connectivity index (χ4n) is 1.72. The molecule has 0 aliphatic carbocycles. The van der Waals surface area contributed by atoms with Gasteiger partial charge in [0.25, 0.3) is 0 Å². The van der Waals surface area contributed by atoms with E-state index in [4.69, 9.17) is 5.73 Å². The Morgan fingerprint density at radius 2 is 2.38 bits per heavy atom. The Morgan fingerprint density at radius 1 is 1.56 bits per heavy atom.